The van der Waals surface area contributed by atoms with E-state index in [1.54, 1.807) is 13.8 Å². The number of aromatic nitrogens is 2. The van der Waals surface area contributed by atoms with Crippen LogP contribution in [0.2, 0.25) is 0 Å². The number of carboxylic acids is 1. The lowest BCUT2D eigenvalue weighted by molar-refractivity contribution is -0.232. The molecule has 4 saturated carbocycles. The summed E-state index contributed by atoms with van der Waals surface area (Å²) in [6, 6.07) is 12.0. The van der Waals surface area contributed by atoms with Gasteiger partial charge in [-0.25, -0.2) is 4.68 Å². The SMILES string of the molecule is CC(C)C1=C2[C@H]3CC[C@@H]4[C@@]5(C)CCC(OC(=O)CC(C)(C)C(=O)O)C(C)(C)[C@@H]5CC[C@@]4(C)[C@]3(C)CC[C@@]2(c2cc(=O)n(Cc3ccccc3)n2C)CC1=O. The molecule has 5 aliphatic rings. The van der Waals surface area contributed by atoms with E-state index in [0.717, 1.165) is 68.2 Å². The second-order valence-corrected chi connectivity index (χ2v) is 20.4. The summed E-state index contributed by atoms with van der Waals surface area (Å²) in [7, 11) is 2.01. The minimum atomic E-state index is -1.17. The van der Waals surface area contributed by atoms with Crippen molar-refractivity contribution in [3.05, 3.63) is 69.2 Å². The number of carbonyl (C=O) groups excluding carboxylic acids is 2. The van der Waals surface area contributed by atoms with Crippen LogP contribution in [0.5, 0.6) is 0 Å². The summed E-state index contributed by atoms with van der Waals surface area (Å²) in [5.41, 5.74) is 2.62. The van der Waals surface area contributed by atoms with Gasteiger partial charge in [0.15, 0.2) is 5.78 Å². The van der Waals surface area contributed by atoms with E-state index in [1.807, 2.05) is 36.0 Å². The van der Waals surface area contributed by atoms with E-state index in [1.165, 1.54) is 5.57 Å². The van der Waals surface area contributed by atoms with Crippen molar-refractivity contribution in [2.45, 2.75) is 145 Å². The largest absolute Gasteiger partial charge is 0.481 e. The third-order valence-corrected chi connectivity index (χ3v) is 16.7. The van der Waals surface area contributed by atoms with Gasteiger partial charge in [-0.1, -0.05) is 78.8 Å². The van der Waals surface area contributed by atoms with Crippen molar-refractivity contribution in [1.82, 2.24) is 9.36 Å². The normalized spacial score (nSPS) is 35.9. The van der Waals surface area contributed by atoms with Crippen LogP contribution in [-0.2, 0) is 38.1 Å². The topological polar surface area (TPSA) is 108 Å². The van der Waals surface area contributed by atoms with Crippen LogP contribution in [0.25, 0.3) is 0 Å². The average molecular weight is 741 g/mol. The molecular formula is C46H64N2O6. The van der Waals surface area contributed by atoms with Crippen molar-refractivity contribution in [3.63, 3.8) is 0 Å². The Labute approximate surface area is 322 Å². The van der Waals surface area contributed by atoms with E-state index >= 15 is 0 Å². The zero-order chi connectivity index (χ0) is 39.4. The highest BCUT2D eigenvalue weighted by molar-refractivity contribution is 6.01. The smallest absolute Gasteiger partial charge is 0.309 e. The van der Waals surface area contributed by atoms with Gasteiger partial charge in [0, 0.05) is 30.4 Å². The molecule has 0 bridgehead atoms. The standard InChI is InChI=1S/C46H64N2O6/c1-28(2)38-31(49)25-46(34-24-36(50)48(47(34)10)27-29-14-12-11-13-15-29)23-22-44(8)30(39(38)46)16-17-33-43(7)20-19-35(54-37(51)26-41(3,4)40(52)53)42(5,6)32(43)18-21-45(33,44)9/h11-15,24,28,30,32-33,35H,16-23,25-27H2,1-10H3,(H,52,53)/t30-,32+,33-,35?,43+,44-,45-,46+/m1/s1. The summed E-state index contributed by atoms with van der Waals surface area (Å²) in [5, 5.41) is 9.63. The minimum absolute atomic E-state index is 0.0136. The maximum atomic E-state index is 14.3. The van der Waals surface area contributed by atoms with Crippen LogP contribution in [0, 0.1) is 50.7 Å². The fraction of sp³-hybridized carbons (Fsp3) is 0.696. The number of Topliss-reactive ketones (excluding diaryl/α,β-unsaturated/α-hetero) is 1. The molecule has 1 aromatic heterocycles. The van der Waals surface area contributed by atoms with E-state index in [2.05, 4.69) is 65.3 Å². The molecule has 1 N–H and O–H groups in total. The molecule has 0 spiro atoms. The van der Waals surface area contributed by atoms with Crippen LogP contribution in [0.4, 0.5) is 0 Å². The number of carbonyl (C=O) groups is 3. The van der Waals surface area contributed by atoms with E-state index in [9.17, 15) is 24.3 Å². The van der Waals surface area contributed by atoms with Crippen LogP contribution in [0.1, 0.15) is 138 Å². The van der Waals surface area contributed by atoms with Gasteiger partial charge < -0.3 is 9.84 Å². The molecule has 0 saturated heterocycles. The fourth-order valence-corrected chi connectivity index (χ4v) is 13.7. The molecule has 54 heavy (non-hydrogen) atoms. The number of ether oxygens (including phenoxy) is 1. The van der Waals surface area contributed by atoms with Crippen LogP contribution >= 0.6 is 0 Å². The summed E-state index contributed by atoms with van der Waals surface area (Å²) in [6.07, 6.45) is 7.93. The van der Waals surface area contributed by atoms with E-state index < -0.39 is 22.8 Å². The van der Waals surface area contributed by atoms with Gasteiger partial charge in [-0.15, -0.1) is 0 Å². The first-order valence-electron chi connectivity index (χ1n) is 20.7. The third kappa shape index (κ3) is 5.49. The Hall–Kier alpha value is -3.42. The van der Waals surface area contributed by atoms with Crippen molar-refractivity contribution in [2.24, 2.45) is 57.8 Å². The number of carboxylic acid groups (broad SMARTS) is 1. The number of aliphatic carboxylic acids is 1. The molecule has 2 aromatic rings. The Morgan fingerprint density at radius 2 is 1.59 bits per heavy atom. The molecule has 0 amide bonds. The van der Waals surface area contributed by atoms with Gasteiger partial charge in [0.05, 0.1) is 24.1 Å². The molecule has 0 aliphatic heterocycles. The number of nitrogens with zero attached hydrogens (tertiary/aromatic N) is 2. The highest BCUT2D eigenvalue weighted by Crippen LogP contribution is 2.76. The molecule has 4 fully saturated rings. The van der Waals surface area contributed by atoms with Gasteiger partial charge in [-0.05, 0) is 122 Å². The Morgan fingerprint density at radius 3 is 2.24 bits per heavy atom. The fourth-order valence-electron chi connectivity index (χ4n) is 13.7. The summed E-state index contributed by atoms with van der Waals surface area (Å²) < 4.78 is 10.1. The van der Waals surface area contributed by atoms with Crippen LogP contribution in [0.15, 0.2) is 52.3 Å². The summed E-state index contributed by atoms with van der Waals surface area (Å²) >= 11 is 0. The zero-order valence-corrected chi connectivity index (χ0v) is 34.5. The number of allylic oxidation sites excluding steroid dienone is 2. The predicted molar refractivity (Wildman–Crippen MR) is 210 cm³/mol. The molecule has 1 aromatic carbocycles. The molecule has 1 heterocycles. The Kier molecular flexibility index (Phi) is 9.21. The first-order chi connectivity index (χ1) is 25.1. The third-order valence-electron chi connectivity index (χ3n) is 16.7. The highest BCUT2D eigenvalue weighted by Gasteiger charge is 2.70. The first-order valence-corrected chi connectivity index (χ1v) is 20.7. The molecule has 8 nitrogen and oxygen atoms in total. The monoisotopic (exact) mass is 740 g/mol. The van der Waals surface area contributed by atoms with Gasteiger partial charge in [-0.2, -0.15) is 0 Å². The van der Waals surface area contributed by atoms with E-state index in [-0.39, 0.29) is 57.4 Å². The number of hydrogen-bond donors (Lipinski definition) is 1. The molecule has 1 unspecified atom stereocenters. The molecule has 0 radical (unpaired) electrons. The highest BCUT2D eigenvalue weighted by atomic mass is 16.5. The number of hydrogen-bond acceptors (Lipinski definition) is 5. The molecule has 7 rings (SSSR count). The predicted octanol–water partition coefficient (Wildman–Crippen LogP) is 8.88. The van der Waals surface area contributed by atoms with Crippen molar-refractivity contribution >= 4 is 17.7 Å². The van der Waals surface area contributed by atoms with E-state index in [0.29, 0.717) is 24.8 Å². The second-order valence-electron chi connectivity index (χ2n) is 20.4. The van der Waals surface area contributed by atoms with Gasteiger partial charge in [0.2, 0.25) is 0 Å². The van der Waals surface area contributed by atoms with Gasteiger partial charge >= 0.3 is 11.9 Å². The van der Waals surface area contributed by atoms with Crippen molar-refractivity contribution in [2.75, 3.05) is 0 Å². The van der Waals surface area contributed by atoms with Gasteiger partial charge in [-0.3, -0.25) is 23.9 Å². The zero-order valence-electron chi connectivity index (χ0n) is 34.5. The number of esters is 1. The maximum absolute atomic E-state index is 14.3. The number of ketones is 1. The first kappa shape index (κ1) is 38.8. The van der Waals surface area contributed by atoms with Gasteiger partial charge in [0.25, 0.3) is 5.56 Å². The lowest BCUT2D eigenvalue weighted by Crippen LogP contribution is -2.66. The molecular weight excluding hydrogens is 677 g/mol. The molecule has 8 atom stereocenters. The van der Waals surface area contributed by atoms with Crippen LogP contribution < -0.4 is 5.56 Å². The second kappa shape index (κ2) is 12.8. The quantitative estimate of drug-likeness (QED) is 0.271. The minimum Gasteiger partial charge on any atom is -0.481 e. The number of fused-ring (bicyclic) bond motifs is 7. The lowest BCUT2D eigenvalue weighted by Gasteiger charge is -2.72. The Balaban J connectivity index is 1.22. The van der Waals surface area contributed by atoms with Crippen molar-refractivity contribution < 1.29 is 24.2 Å². The van der Waals surface area contributed by atoms with Crippen molar-refractivity contribution in [1.29, 1.82) is 0 Å². The van der Waals surface area contributed by atoms with E-state index in [4.69, 9.17) is 4.74 Å². The van der Waals surface area contributed by atoms with Gasteiger partial charge in [0.1, 0.15) is 6.10 Å². The molecule has 294 valence electrons. The summed E-state index contributed by atoms with van der Waals surface area (Å²) in [6.45, 7) is 20.2. The summed E-state index contributed by atoms with van der Waals surface area (Å²) in [5.74, 6) is 0.0619. The molecule has 8 heteroatoms. The summed E-state index contributed by atoms with van der Waals surface area (Å²) in [4.78, 5) is 53.0. The van der Waals surface area contributed by atoms with Crippen LogP contribution in [-0.4, -0.2) is 38.3 Å². The lowest BCUT2D eigenvalue weighted by atomic mass is 9.33. The van der Waals surface area contributed by atoms with Crippen LogP contribution in [0.3, 0.4) is 0 Å². The Bertz CT molecular complexity index is 1950. The number of benzene rings is 1. The van der Waals surface area contributed by atoms with Crippen molar-refractivity contribution in [3.8, 4) is 0 Å². The average Bonchev–Trinajstić information content (AvgIpc) is 3.55. The Morgan fingerprint density at radius 1 is 0.907 bits per heavy atom. The maximum Gasteiger partial charge on any atom is 0.309 e. The number of rotatable bonds is 8. The molecule has 5 aliphatic carbocycles.